The fraction of sp³-hybridized carbons (Fsp3) is 0.211. The Bertz CT molecular complexity index is 1080. The van der Waals surface area contributed by atoms with Crippen LogP contribution in [0, 0.1) is 10.1 Å². The van der Waals surface area contributed by atoms with Crippen LogP contribution in [-0.2, 0) is 4.79 Å². The Morgan fingerprint density at radius 3 is 2.58 bits per heavy atom. The number of likely N-dealkylation sites (tertiary alicyclic amines) is 1. The van der Waals surface area contributed by atoms with E-state index in [2.05, 4.69) is 5.32 Å². The Morgan fingerprint density at radius 1 is 1.19 bits per heavy atom. The van der Waals surface area contributed by atoms with Gasteiger partial charge >= 0.3 is 12.1 Å². The maximum Gasteiger partial charge on any atom is 0.416 e. The van der Waals surface area contributed by atoms with Gasteiger partial charge in [-0.2, -0.15) is 0 Å². The van der Waals surface area contributed by atoms with E-state index in [0.29, 0.717) is 12.8 Å². The van der Waals surface area contributed by atoms with E-state index in [1.54, 1.807) is 0 Å². The third-order valence-corrected chi connectivity index (χ3v) is 5.12. The molecule has 1 fully saturated rings. The number of nitro benzene ring substituents is 1. The summed E-state index contributed by atoms with van der Waals surface area (Å²) in [5, 5.41) is 22.7. The first-order valence-electron chi connectivity index (χ1n) is 8.93. The monoisotopic (exact) mass is 467 g/mol. The van der Waals surface area contributed by atoms with Crippen molar-refractivity contribution in [1.82, 2.24) is 4.90 Å². The van der Waals surface area contributed by atoms with Gasteiger partial charge in [0.2, 0.25) is 0 Å². The van der Waals surface area contributed by atoms with Gasteiger partial charge in [-0.05, 0) is 37.1 Å². The average Bonchev–Trinajstić information content (AvgIpc) is 3.21. The van der Waals surface area contributed by atoms with Crippen LogP contribution in [0.3, 0.4) is 0 Å². The highest BCUT2D eigenvalue weighted by atomic mass is 35.5. The van der Waals surface area contributed by atoms with E-state index in [1.165, 1.54) is 30.3 Å². The molecule has 0 saturated carbocycles. The minimum Gasteiger partial charge on any atom is -0.480 e. The van der Waals surface area contributed by atoms with Gasteiger partial charge in [-0.15, -0.1) is 0 Å². The third-order valence-electron chi connectivity index (χ3n) is 4.57. The van der Waals surface area contributed by atoms with Gasteiger partial charge in [-0.1, -0.05) is 23.2 Å². The molecule has 1 saturated heterocycles. The molecule has 0 spiro atoms. The third kappa shape index (κ3) is 5.04. The minimum absolute atomic E-state index is 0.0653. The van der Waals surface area contributed by atoms with Crippen molar-refractivity contribution in [3.63, 3.8) is 0 Å². The summed E-state index contributed by atoms with van der Waals surface area (Å²) in [6, 6.07) is 6.47. The van der Waals surface area contributed by atoms with Crippen LogP contribution in [0.4, 0.5) is 16.2 Å². The van der Waals surface area contributed by atoms with Crippen molar-refractivity contribution in [2.45, 2.75) is 18.9 Å². The molecule has 1 aliphatic rings. The number of hydrogen-bond acceptors (Lipinski definition) is 6. The molecule has 1 atom stereocenters. The number of nitrogens with one attached hydrogen (secondary N) is 1. The van der Waals surface area contributed by atoms with E-state index >= 15 is 0 Å². The number of benzene rings is 2. The summed E-state index contributed by atoms with van der Waals surface area (Å²) in [7, 11) is 0. The second-order valence-corrected chi connectivity index (χ2v) is 7.42. The van der Waals surface area contributed by atoms with Crippen molar-refractivity contribution in [3.05, 3.63) is 62.1 Å². The summed E-state index contributed by atoms with van der Waals surface area (Å²) >= 11 is 12.0. The molecule has 10 nitrogen and oxygen atoms in total. The first-order chi connectivity index (χ1) is 14.7. The van der Waals surface area contributed by atoms with Crippen molar-refractivity contribution < 1.29 is 29.2 Å². The maximum atomic E-state index is 12.8. The molecule has 0 unspecified atom stereocenters. The number of ether oxygens (including phenoxy) is 1. The summed E-state index contributed by atoms with van der Waals surface area (Å²) in [4.78, 5) is 47.8. The number of carboxylic acid groups (broad SMARTS) is 1. The molecule has 2 aromatic carbocycles. The Labute approximate surface area is 185 Å². The smallest absolute Gasteiger partial charge is 0.416 e. The van der Waals surface area contributed by atoms with Gasteiger partial charge in [0.1, 0.15) is 11.8 Å². The molecule has 0 bridgehead atoms. The molecule has 1 heterocycles. The van der Waals surface area contributed by atoms with E-state index in [4.69, 9.17) is 27.9 Å². The zero-order valence-corrected chi connectivity index (χ0v) is 17.2. The number of amides is 2. The molecule has 2 aromatic rings. The fourth-order valence-corrected chi connectivity index (χ4v) is 3.47. The molecule has 0 aromatic heterocycles. The summed E-state index contributed by atoms with van der Waals surface area (Å²) in [6.45, 7) is 0.212. The number of carbonyl (C=O) groups excluding carboxylic acids is 2. The van der Waals surface area contributed by atoms with Gasteiger partial charge in [-0.3, -0.25) is 19.8 Å². The zero-order chi connectivity index (χ0) is 22.7. The molecule has 0 aliphatic carbocycles. The largest absolute Gasteiger partial charge is 0.480 e. The van der Waals surface area contributed by atoms with Crippen LogP contribution < -0.4 is 10.1 Å². The topological polar surface area (TPSA) is 139 Å². The highest BCUT2D eigenvalue weighted by Gasteiger charge is 2.35. The summed E-state index contributed by atoms with van der Waals surface area (Å²) in [5.41, 5.74) is -0.264. The van der Waals surface area contributed by atoms with Gasteiger partial charge in [0, 0.05) is 23.7 Å². The molecule has 2 N–H and O–H groups in total. The van der Waals surface area contributed by atoms with Crippen LogP contribution in [0.2, 0.25) is 10.0 Å². The first-order valence-corrected chi connectivity index (χ1v) is 9.69. The van der Waals surface area contributed by atoms with Crippen molar-refractivity contribution >= 4 is 52.5 Å². The quantitative estimate of drug-likeness (QED) is 0.495. The number of nitro groups is 1. The predicted octanol–water partition coefficient (Wildman–Crippen LogP) is 4.20. The van der Waals surface area contributed by atoms with Gasteiger partial charge in [-0.25, -0.2) is 9.59 Å². The highest BCUT2D eigenvalue weighted by Crippen LogP contribution is 2.30. The lowest BCUT2D eigenvalue weighted by Crippen LogP contribution is -2.42. The number of non-ortho nitro benzene ring substituents is 1. The number of rotatable bonds is 5. The van der Waals surface area contributed by atoms with Crippen LogP contribution >= 0.6 is 23.2 Å². The number of aliphatic carboxylic acids is 1. The molecular formula is C19H15Cl2N3O7. The van der Waals surface area contributed by atoms with E-state index in [9.17, 15) is 29.6 Å². The van der Waals surface area contributed by atoms with Crippen LogP contribution in [0.5, 0.6) is 5.75 Å². The molecule has 2 amide bonds. The summed E-state index contributed by atoms with van der Waals surface area (Å²) in [6.07, 6.45) is -0.0926. The second-order valence-electron chi connectivity index (χ2n) is 6.57. The number of halogens is 2. The lowest BCUT2D eigenvalue weighted by atomic mass is 10.1. The number of anilines is 1. The van der Waals surface area contributed by atoms with Gasteiger partial charge in [0.15, 0.2) is 0 Å². The van der Waals surface area contributed by atoms with E-state index in [0.717, 1.165) is 11.0 Å². The van der Waals surface area contributed by atoms with Crippen LogP contribution in [-0.4, -0.2) is 45.5 Å². The lowest BCUT2D eigenvalue weighted by Gasteiger charge is -2.21. The summed E-state index contributed by atoms with van der Waals surface area (Å²) < 4.78 is 5.29. The average molecular weight is 468 g/mol. The van der Waals surface area contributed by atoms with E-state index in [1.807, 2.05) is 0 Å². The summed E-state index contributed by atoms with van der Waals surface area (Å²) in [5.74, 6) is -2.02. The van der Waals surface area contributed by atoms with Crippen LogP contribution in [0.25, 0.3) is 0 Å². The Balaban J connectivity index is 1.83. The molecule has 12 heteroatoms. The molecule has 3 rings (SSSR count). The highest BCUT2D eigenvalue weighted by molar-refractivity contribution is 6.34. The van der Waals surface area contributed by atoms with E-state index < -0.39 is 28.9 Å². The standard InChI is InChI=1S/C19H15Cl2N3O7/c20-10-3-6-16(31-19(28)23-7-1-2-15(23)18(26)27)12(8-10)17(25)22-14-5-4-11(24(29)30)9-13(14)21/h3-6,8-9,15H,1-2,7H2,(H,22,25)(H,26,27)/t15-/m0/s1. The Morgan fingerprint density at radius 2 is 1.94 bits per heavy atom. The van der Waals surface area contributed by atoms with Gasteiger partial charge < -0.3 is 15.2 Å². The SMILES string of the molecule is O=C(Nc1ccc([N+](=O)[O-])cc1Cl)c1cc(Cl)ccc1OC(=O)N1CCC[C@H]1C(=O)O. The number of nitrogens with zero attached hydrogens (tertiary/aromatic N) is 2. The van der Waals surface area contributed by atoms with Crippen molar-refractivity contribution in [2.75, 3.05) is 11.9 Å². The molecule has 0 radical (unpaired) electrons. The predicted molar refractivity (Wildman–Crippen MR) is 111 cm³/mol. The Kier molecular flexibility index (Phi) is 6.62. The van der Waals surface area contributed by atoms with Crippen molar-refractivity contribution in [2.24, 2.45) is 0 Å². The van der Waals surface area contributed by atoms with Crippen LogP contribution in [0.15, 0.2) is 36.4 Å². The number of hydrogen-bond donors (Lipinski definition) is 2. The van der Waals surface area contributed by atoms with Crippen molar-refractivity contribution in [3.8, 4) is 5.75 Å². The van der Waals surface area contributed by atoms with Gasteiger partial charge in [0.05, 0.1) is 21.2 Å². The molecular weight excluding hydrogens is 453 g/mol. The van der Waals surface area contributed by atoms with Crippen LogP contribution in [0.1, 0.15) is 23.2 Å². The minimum atomic E-state index is -1.14. The molecule has 31 heavy (non-hydrogen) atoms. The van der Waals surface area contributed by atoms with E-state index in [-0.39, 0.29) is 39.3 Å². The zero-order valence-electron chi connectivity index (χ0n) is 15.7. The second kappa shape index (κ2) is 9.19. The number of carboxylic acids is 1. The lowest BCUT2D eigenvalue weighted by molar-refractivity contribution is -0.384. The Hall–Kier alpha value is -3.37. The number of carbonyl (C=O) groups is 3. The normalized spacial score (nSPS) is 15.4. The fourth-order valence-electron chi connectivity index (χ4n) is 3.07. The van der Waals surface area contributed by atoms with Gasteiger partial charge in [0.25, 0.3) is 11.6 Å². The maximum absolute atomic E-state index is 12.8. The first kappa shape index (κ1) is 22.3. The molecule has 1 aliphatic heterocycles. The molecule has 162 valence electrons. The van der Waals surface area contributed by atoms with Crippen molar-refractivity contribution in [1.29, 1.82) is 0 Å².